The van der Waals surface area contributed by atoms with Gasteiger partial charge in [-0.25, -0.2) is 14.8 Å². The summed E-state index contributed by atoms with van der Waals surface area (Å²) in [5.41, 5.74) is 1.09. The van der Waals surface area contributed by atoms with E-state index in [1.807, 2.05) is 13.8 Å². The summed E-state index contributed by atoms with van der Waals surface area (Å²) in [7, 11) is 1.35. The molecule has 1 aromatic heterocycles. The number of methoxy groups -OCH3 is 1. The Morgan fingerprint density at radius 3 is 2.75 bits per heavy atom. The molecule has 0 radical (unpaired) electrons. The monoisotopic (exact) mass is 277 g/mol. The molecule has 1 N–H and O–H groups in total. The van der Waals surface area contributed by atoms with Gasteiger partial charge >= 0.3 is 5.97 Å². The van der Waals surface area contributed by atoms with E-state index >= 15 is 0 Å². The lowest BCUT2D eigenvalue weighted by Crippen LogP contribution is -2.16. The van der Waals surface area contributed by atoms with Gasteiger partial charge in [-0.2, -0.15) is 0 Å². The number of hydrogen-bond donors (Lipinski definition) is 1. The predicted octanol–water partition coefficient (Wildman–Crippen LogP) is 2.99. The second-order valence-corrected chi connectivity index (χ2v) is 5.67. The van der Waals surface area contributed by atoms with Crippen molar-refractivity contribution in [2.24, 2.45) is 5.92 Å². The summed E-state index contributed by atoms with van der Waals surface area (Å²) in [5, 5.41) is 3.39. The number of nitrogens with one attached hydrogen (secondary N) is 1. The van der Waals surface area contributed by atoms with E-state index in [2.05, 4.69) is 15.3 Å². The van der Waals surface area contributed by atoms with Crippen molar-refractivity contribution in [1.29, 1.82) is 0 Å². The first-order valence-electron chi connectivity index (χ1n) is 7.31. The maximum atomic E-state index is 11.5. The molecule has 0 saturated heterocycles. The molecule has 1 saturated carbocycles. The van der Waals surface area contributed by atoms with Gasteiger partial charge in [0.15, 0.2) is 5.69 Å². The molecule has 1 heterocycles. The molecule has 5 heteroatoms. The van der Waals surface area contributed by atoms with Gasteiger partial charge in [0.25, 0.3) is 0 Å². The van der Waals surface area contributed by atoms with E-state index in [4.69, 9.17) is 4.74 Å². The van der Waals surface area contributed by atoms with Crippen LogP contribution >= 0.6 is 0 Å². The summed E-state index contributed by atoms with van der Waals surface area (Å²) >= 11 is 0. The largest absolute Gasteiger partial charge is 0.464 e. The molecule has 5 nitrogen and oxygen atoms in total. The SMILES string of the molecule is COC(=O)c1cnc(NCC2CCCC2)c(C(C)C)n1. The van der Waals surface area contributed by atoms with Crippen molar-refractivity contribution in [2.45, 2.75) is 45.4 Å². The standard InChI is InChI=1S/C15H23N3O2/c1-10(2)13-14(16-8-11-6-4-5-7-11)17-9-12(18-13)15(19)20-3/h9-11H,4-8H2,1-3H3,(H,16,17). The summed E-state index contributed by atoms with van der Waals surface area (Å²) in [6.07, 6.45) is 6.72. The third-order valence-electron chi connectivity index (χ3n) is 3.77. The van der Waals surface area contributed by atoms with Crippen LogP contribution in [0, 0.1) is 5.92 Å². The summed E-state index contributed by atoms with van der Waals surface area (Å²) in [6.45, 7) is 5.03. The highest BCUT2D eigenvalue weighted by molar-refractivity contribution is 5.87. The summed E-state index contributed by atoms with van der Waals surface area (Å²) in [5.74, 6) is 1.29. The normalized spacial score (nSPS) is 15.6. The fraction of sp³-hybridized carbons (Fsp3) is 0.667. The Morgan fingerprint density at radius 2 is 2.15 bits per heavy atom. The molecule has 0 atom stereocenters. The maximum Gasteiger partial charge on any atom is 0.358 e. The second-order valence-electron chi connectivity index (χ2n) is 5.67. The Kier molecular flexibility index (Phi) is 4.93. The lowest BCUT2D eigenvalue weighted by atomic mass is 10.1. The number of esters is 1. The van der Waals surface area contributed by atoms with Crippen molar-refractivity contribution >= 4 is 11.8 Å². The van der Waals surface area contributed by atoms with Crippen molar-refractivity contribution in [3.8, 4) is 0 Å². The zero-order valence-electron chi connectivity index (χ0n) is 12.5. The molecule has 0 bridgehead atoms. The van der Waals surface area contributed by atoms with Crippen molar-refractivity contribution in [3.63, 3.8) is 0 Å². The fourth-order valence-electron chi connectivity index (χ4n) is 2.60. The van der Waals surface area contributed by atoms with E-state index in [-0.39, 0.29) is 11.6 Å². The highest BCUT2D eigenvalue weighted by atomic mass is 16.5. The van der Waals surface area contributed by atoms with Crippen LogP contribution in [0.2, 0.25) is 0 Å². The average molecular weight is 277 g/mol. The third-order valence-corrected chi connectivity index (χ3v) is 3.77. The molecule has 1 aromatic rings. The summed E-state index contributed by atoms with van der Waals surface area (Å²) < 4.78 is 4.69. The number of nitrogens with zero attached hydrogens (tertiary/aromatic N) is 2. The van der Waals surface area contributed by atoms with Gasteiger partial charge in [0.2, 0.25) is 0 Å². The summed E-state index contributed by atoms with van der Waals surface area (Å²) in [4.78, 5) is 20.3. The Bertz CT molecular complexity index is 468. The van der Waals surface area contributed by atoms with Gasteiger partial charge in [-0.05, 0) is 24.7 Å². The van der Waals surface area contributed by atoms with Crippen LogP contribution in [0.4, 0.5) is 5.82 Å². The summed E-state index contributed by atoms with van der Waals surface area (Å²) in [6, 6.07) is 0. The van der Waals surface area contributed by atoms with Crippen LogP contribution in [0.25, 0.3) is 0 Å². The Hall–Kier alpha value is -1.65. The van der Waals surface area contributed by atoms with Crippen molar-refractivity contribution in [1.82, 2.24) is 9.97 Å². The maximum absolute atomic E-state index is 11.5. The molecule has 1 aliphatic carbocycles. The van der Waals surface area contributed by atoms with Crippen LogP contribution in [-0.4, -0.2) is 29.6 Å². The molecule has 1 fully saturated rings. The van der Waals surface area contributed by atoms with Crippen molar-refractivity contribution < 1.29 is 9.53 Å². The third kappa shape index (κ3) is 3.46. The molecular weight excluding hydrogens is 254 g/mol. The lowest BCUT2D eigenvalue weighted by molar-refractivity contribution is 0.0593. The first-order valence-corrected chi connectivity index (χ1v) is 7.31. The lowest BCUT2D eigenvalue weighted by Gasteiger charge is -2.16. The molecule has 0 aliphatic heterocycles. The predicted molar refractivity (Wildman–Crippen MR) is 77.9 cm³/mol. The zero-order valence-corrected chi connectivity index (χ0v) is 12.5. The minimum Gasteiger partial charge on any atom is -0.464 e. The minimum atomic E-state index is -0.443. The van der Waals surface area contributed by atoms with Crippen LogP contribution in [0.3, 0.4) is 0 Å². The number of carbonyl (C=O) groups excluding carboxylic acids is 1. The van der Waals surface area contributed by atoms with Gasteiger partial charge in [0.05, 0.1) is 19.0 Å². The first kappa shape index (κ1) is 14.8. The average Bonchev–Trinajstić information content (AvgIpc) is 2.97. The van der Waals surface area contributed by atoms with Crippen LogP contribution in [0.1, 0.15) is 61.6 Å². The van der Waals surface area contributed by atoms with Crippen molar-refractivity contribution in [3.05, 3.63) is 17.6 Å². The number of anilines is 1. The van der Waals surface area contributed by atoms with Gasteiger partial charge in [-0.1, -0.05) is 26.7 Å². The van der Waals surface area contributed by atoms with E-state index in [1.54, 1.807) is 0 Å². The number of rotatable bonds is 5. The number of ether oxygens (including phenoxy) is 1. The molecule has 0 unspecified atom stereocenters. The Labute approximate surface area is 120 Å². The highest BCUT2D eigenvalue weighted by Gasteiger charge is 2.18. The first-order chi connectivity index (χ1) is 9.61. The molecule has 20 heavy (non-hydrogen) atoms. The molecule has 0 amide bonds. The Morgan fingerprint density at radius 1 is 1.45 bits per heavy atom. The fourth-order valence-corrected chi connectivity index (χ4v) is 2.60. The molecule has 0 spiro atoms. The van der Waals surface area contributed by atoms with Crippen LogP contribution in [0.5, 0.6) is 0 Å². The zero-order chi connectivity index (χ0) is 14.5. The quantitative estimate of drug-likeness (QED) is 0.838. The van der Waals surface area contributed by atoms with E-state index < -0.39 is 5.97 Å². The van der Waals surface area contributed by atoms with Crippen LogP contribution in [-0.2, 0) is 4.74 Å². The van der Waals surface area contributed by atoms with E-state index in [0.29, 0.717) is 0 Å². The number of aromatic nitrogens is 2. The molecular formula is C15H23N3O2. The van der Waals surface area contributed by atoms with Crippen LogP contribution < -0.4 is 5.32 Å². The molecule has 2 rings (SSSR count). The number of hydrogen-bond acceptors (Lipinski definition) is 5. The smallest absolute Gasteiger partial charge is 0.358 e. The second kappa shape index (κ2) is 6.68. The van der Waals surface area contributed by atoms with Gasteiger partial charge in [0.1, 0.15) is 5.82 Å². The topological polar surface area (TPSA) is 64.1 Å². The van der Waals surface area contributed by atoms with Crippen LogP contribution in [0.15, 0.2) is 6.20 Å². The Balaban J connectivity index is 2.12. The minimum absolute atomic E-state index is 0.207. The van der Waals surface area contributed by atoms with E-state index in [0.717, 1.165) is 24.0 Å². The van der Waals surface area contributed by atoms with Gasteiger partial charge in [0, 0.05) is 6.54 Å². The molecule has 110 valence electrons. The van der Waals surface area contributed by atoms with Gasteiger partial charge in [-0.15, -0.1) is 0 Å². The number of carbonyl (C=O) groups is 1. The molecule has 1 aliphatic rings. The van der Waals surface area contributed by atoms with Gasteiger partial charge in [-0.3, -0.25) is 0 Å². The highest BCUT2D eigenvalue weighted by Crippen LogP contribution is 2.26. The molecule has 0 aromatic carbocycles. The van der Waals surface area contributed by atoms with E-state index in [9.17, 15) is 4.79 Å². The van der Waals surface area contributed by atoms with Gasteiger partial charge < -0.3 is 10.1 Å². The van der Waals surface area contributed by atoms with E-state index in [1.165, 1.54) is 39.0 Å². The van der Waals surface area contributed by atoms with Crippen molar-refractivity contribution in [2.75, 3.05) is 19.0 Å².